The highest BCUT2D eigenvalue weighted by Crippen LogP contribution is 2.22. The van der Waals surface area contributed by atoms with E-state index in [1.165, 1.54) is 6.26 Å². The van der Waals surface area contributed by atoms with Crippen molar-refractivity contribution < 1.29 is 18.7 Å². The molecule has 1 aliphatic rings. The van der Waals surface area contributed by atoms with E-state index in [2.05, 4.69) is 4.98 Å². The van der Waals surface area contributed by atoms with Crippen molar-refractivity contribution in [3.05, 3.63) is 77.7 Å². The van der Waals surface area contributed by atoms with Gasteiger partial charge in [0.2, 0.25) is 11.8 Å². The van der Waals surface area contributed by atoms with E-state index in [0.717, 1.165) is 29.5 Å². The number of hydrogen-bond acceptors (Lipinski definition) is 5. The van der Waals surface area contributed by atoms with Crippen molar-refractivity contribution in [1.29, 1.82) is 0 Å². The molecule has 1 fully saturated rings. The molecule has 0 N–H and O–H groups in total. The van der Waals surface area contributed by atoms with Crippen molar-refractivity contribution in [2.24, 2.45) is 0 Å². The van der Waals surface area contributed by atoms with Gasteiger partial charge in [0.25, 0.3) is 5.91 Å². The number of oxazole rings is 1. The van der Waals surface area contributed by atoms with Gasteiger partial charge in [0.05, 0.1) is 12.5 Å². The van der Waals surface area contributed by atoms with Gasteiger partial charge in [0.1, 0.15) is 6.26 Å². The zero-order valence-corrected chi connectivity index (χ0v) is 19.1. The fourth-order valence-corrected chi connectivity index (χ4v) is 4.00. The second kappa shape index (κ2) is 10.4. The molecule has 33 heavy (non-hydrogen) atoms. The minimum Gasteiger partial charge on any atom is -0.444 e. The predicted octanol–water partition coefficient (Wildman–Crippen LogP) is 3.79. The molecular formula is C26H29N3O4. The van der Waals surface area contributed by atoms with Crippen LogP contribution in [0.5, 0.6) is 0 Å². The van der Waals surface area contributed by atoms with E-state index in [1.807, 2.05) is 54.6 Å². The van der Waals surface area contributed by atoms with Crippen LogP contribution in [0.25, 0.3) is 11.5 Å². The first-order valence-corrected chi connectivity index (χ1v) is 11.2. The Hall–Kier alpha value is -3.45. The average Bonchev–Trinajstić information content (AvgIpc) is 3.35. The van der Waals surface area contributed by atoms with Crippen molar-refractivity contribution in [3.63, 3.8) is 0 Å². The third-order valence-corrected chi connectivity index (χ3v) is 5.97. The Morgan fingerprint density at radius 2 is 1.88 bits per heavy atom. The SMILES string of the molecule is COC1CCCN(C(=O)c2coc(-c3ccc(CN(C)C(=O)Cc4ccccc4)cc3)n2)C1. The summed E-state index contributed by atoms with van der Waals surface area (Å²) in [5.74, 6) is 0.329. The number of aromatic nitrogens is 1. The summed E-state index contributed by atoms with van der Waals surface area (Å²) in [5.41, 5.74) is 3.09. The van der Waals surface area contributed by atoms with Gasteiger partial charge in [0, 0.05) is 39.4 Å². The van der Waals surface area contributed by atoms with Crippen LogP contribution < -0.4 is 0 Å². The highest BCUT2D eigenvalue weighted by atomic mass is 16.5. The number of nitrogens with zero attached hydrogens (tertiary/aromatic N) is 3. The molecule has 2 aromatic carbocycles. The number of carbonyl (C=O) groups is 2. The van der Waals surface area contributed by atoms with Gasteiger partial charge >= 0.3 is 0 Å². The number of methoxy groups -OCH3 is 1. The molecule has 7 heteroatoms. The lowest BCUT2D eigenvalue weighted by Crippen LogP contribution is -2.43. The molecule has 7 nitrogen and oxygen atoms in total. The molecule has 1 saturated heterocycles. The number of benzene rings is 2. The molecule has 0 spiro atoms. The Labute approximate surface area is 194 Å². The highest BCUT2D eigenvalue weighted by molar-refractivity contribution is 5.92. The molecule has 172 valence electrons. The van der Waals surface area contributed by atoms with Gasteiger partial charge in [-0.25, -0.2) is 4.98 Å². The number of likely N-dealkylation sites (N-methyl/N-ethyl adjacent to an activating group) is 1. The standard InChI is InChI=1S/C26H29N3O4/c1-28(24(30)15-19-7-4-3-5-8-19)16-20-10-12-21(13-11-20)25-27-23(18-33-25)26(31)29-14-6-9-22(17-29)32-2/h3-5,7-8,10-13,18,22H,6,9,14-17H2,1-2H3. The van der Waals surface area contributed by atoms with Crippen LogP contribution >= 0.6 is 0 Å². The molecule has 1 atom stereocenters. The molecule has 4 rings (SSSR count). The molecule has 2 amide bonds. The minimum atomic E-state index is -0.137. The average molecular weight is 448 g/mol. The van der Waals surface area contributed by atoms with E-state index in [4.69, 9.17) is 9.15 Å². The van der Waals surface area contributed by atoms with Gasteiger partial charge in [-0.15, -0.1) is 0 Å². The zero-order valence-electron chi connectivity index (χ0n) is 19.1. The molecule has 0 radical (unpaired) electrons. The Morgan fingerprint density at radius 1 is 1.12 bits per heavy atom. The summed E-state index contributed by atoms with van der Waals surface area (Å²) >= 11 is 0. The number of likely N-dealkylation sites (tertiary alicyclic amines) is 1. The first kappa shape index (κ1) is 22.7. The summed E-state index contributed by atoms with van der Waals surface area (Å²) in [4.78, 5) is 33.2. The quantitative estimate of drug-likeness (QED) is 0.551. The molecule has 0 saturated carbocycles. The van der Waals surface area contributed by atoms with Crippen LogP contribution in [0.2, 0.25) is 0 Å². The van der Waals surface area contributed by atoms with E-state index in [0.29, 0.717) is 37.6 Å². The van der Waals surface area contributed by atoms with Crippen LogP contribution in [-0.4, -0.2) is 59.9 Å². The van der Waals surface area contributed by atoms with Gasteiger partial charge in [0.15, 0.2) is 5.69 Å². The van der Waals surface area contributed by atoms with Crippen molar-refractivity contribution in [2.45, 2.75) is 31.9 Å². The third kappa shape index (κ3) is 5.68. The maximum absolute atomic E-state index is 12.8. The summed E-state index contributed by atoms with van der Waals surface area (Å²) < 4.78 is 11.0. The first-order chi connectivity index (χ1) is 16.0. The molecule has 0 aliphatic carbocycles. The number of rotatable bonds is 7. The van der Waals surface area contributed by atoms with Crippen LogP contribution in [0.4, 0.5) is 0 Å². The summed E-state index contributed by atoms with van der Waals surface area (Å²) in [6, 6.07) is 17.4. The van der Waals surface area contributed by atoms with E-state index >= 15 is 0 Å². The Balaban J connectivity index is 1.36. The second-order valence-corrected chi connectivity index (χ2v) is 8.40. The van der Waals surface area contributed by atoms with E-state index in [9.17, 15) is 9.59 Å². The zero-order chi connectivity index (χ0) is 23.2. The monoisotopic (exact) mass is 447 g/mol. The van der Waals surface area contributed by atoms with Crippen LogP contribution in [0.1, 0.15) is 34.5 Å². The number of hydrogen-bond donors (Lipinski definition) is 0. The van der Waals surface area contributed by atoms with Crippen LogP contribution in [-0.2, 0) is 22.5 Å². The Morgan fingerprint density at radius 3 is 2.61 bits per heavy atom. The Kier molecular flexibility index (Phi) is 7.19. The van der Waals surface area contributed by atoms with E-state index in [-0.39, 0.29) is 17.9 Å². The maximum atomic E-state index is 12.8. The van der Waals surface area contributed by atoms with Gasteiger partial charge in [-0.3, -0.25) is 9.59 Å². The fourth-order valence-electron chi connectivity index (χ4n) is 4.00. The topological polar surface area (TPSA) is 75.9 Å². The minimum absolute atomic E-state index is 0.0644. The predicted molar refractivity (Wildman–Crippen MR) is 124 cm³/mol. The van der Waals surface area contributed by atoms with Crippen molar-refractivity contribution in [3.8, 4) is 11.5 Å². The molecule has 2 heterocycles. The van der Waals surface area contributed by atoms with Gasteiger partial charge in [-0.1, -0.05) is 42.5 Å². The highest BCUT2D eigenvalue weighted by Gasteiger charge is 2.26. The van der Waals surface area contributed by atoms with E-state index < -0.39 is 0 Å². The summed E-state index contributed by atoms with van der Waals surface area (Å²) in [5, 5.41) is 0. The molecule has 3 aromatic rings. The molecule has 1 aliphatic heterocycles. The molecule has 0 bridgehead atoms. The lowest BCUT2D eigenvalue weighted by atomic mass is 10.1. The molecular weight excluding hydrogens is 418 g/mol. The summed E-state index contributed by atoms with van der Waals surface area (Å²) in [6.45, 7) is 1.78. The van der Waals surface area contributed by atoms with Gasteiger partial charge in [-0.05, 0) is 36.1 Å². The molecule has 1 aromatic heterocycles. The third-order valence-electron chi connectivity index (χ3n) is 5.97. The fraction of sp³-hybridized carbons (Fsp3) is 0.346. The van der Waals surface area contributed by atoms with Crippen molar-refractivity contribution >= 4 is 11.8 Å². The summed E-state index contributed by atoms with van der Waals surface area (Å²) in [7, 11) is 3.48. The number of piperidine rings is 1. The lowest BCUT2D eigenvalue weighted by Gasteiger charge is -2.31. The Bertz CT molecular complexity index is 1080. The summed E-state index contributed by atoms with van der Waals surface area (Å²) in [6.07, 6.45) is 3.74. The van der Waals surface area contributed by atoms with Crippen molar-refractivity contribution in [2.75, 3.05) is 27.2 Å². The lowest BCUT2D eigenvalue weighted by molar-refractivity contribution is -0.129. The van der Waals surface area contributed by atoms with Gasteiger partial charge in [-0.2, -0.15) is 0 Å². The number of ether oxygens (including phenoxy) is 1. The molecule has 1 unspecified atom stereocenters. The first-order valence-electron chi connectivity index (χ1n) is 11.2. The normalized spacial score (nSPS) is 15.9. The van der Waals surface area contributed by atoms with Crippen molar-refractivity contribution in [1.82, 2.24) is 14.8 Å². The maximum Gasteiger partial charge on any atom is 0.275 e. The second-order valence-electron chi connectivity index (χ2n) is 8.40. The van der Waals surface area contributed by atoms with Crippen LogP contribution in [0.3, 0.4) is 0 Å². The smallest absolute Gasteiger partial charge is 0.275 e. The van der Waals surface area contributed by atoms with Gasteiger partial charge < -0.3 is 19.0 Å². The number of amides is 2. The number of carbonyl (C=O) groups excluding carboxylic acids is 2. The van der Waals surface area contributed by atoms with Crippen LogP contribution in [0.15, 0.2) is 65.3 Å². The van der Waals surface area contributed by atoms with E-state index in [1.54, 1.807) is 24.0 Å². The van der Waals surface area contributed by atoms with Crippen LogP contribution in [0, 0.1) is 0 Å². The largest absolute Gasteiger partial charge is 0.444 e.